The van der Waals surface area contributed by atoms with Crippen LogP contribution in [0.4, 0.5) is 0 Å². The summed E-state index contributed by atoms with van der Waals surface area (Å²) >= 11 is 0. The minimum atomic E-state index is -1.12. The highest BCUT2D eigenvalue weighted by Crippen LogP contribution is 2.31. The van der Waals surface area contributed by atoms with Crippen molar-refractivity contribution in [1.29, 1.82) is 0 Å². The standard InChI is InChI=1S/C39H51NO7Si/c1-42-37-9-6-5-8-32(37)27-43-18-7-19-45-34-15-13-31(14-16-34)39-36(41)24-40-25-38(39)46-26-29-10-11-30-12-17-35(23-33(30)22-29)47-28-44-20-21-48(2,3)4/h5-6,8-17,22-23,36,38-41H,7,18-21,24-28H2,1-4H3. The van der Waals surface area contributed by atoms with Crippen LogP contribution in [0.2, 0.25) is 25.7 Å². The Balaban J connectivity index is 1.09. The van der Waals surface area contributed by atoms with Gasteiger partial charge in [0.15, 0.2) is 6.79 Å². The fraction of sp³-hybridized carbons (Fsp3) is 0.436. The third kappa shape index (κ3) is 10.8. The number of ether oxygens (including phenoxy) is 6. The highest BCUT2D eigenvalue weighted by molar-refractivity contribution is 6.76. The summed E-state index contributed by atoms with van der Waals surface area (Å²) in [5.74, 6) is 2.27. The monoisotopic (exact) mass is 673 g/mol. The van der Waals surface area contributed by atoms with E-state index in [1.807, 2.05) is 60.7 Å². The van der Waals surface area contributed by atoms with Crippen LogP contribution < -0.4 is 19.5 Å². The maximum Gasteiger partial charge on any atom is 0.189 e. The molecule has 1 aliphatic rings. The maximum absolute atomic E-state index is 11.0. The number of aliphatic hydroxyl groups excluding tert-OH is 1. The zero-order valence-electron chi connectivity index (χ0n) is 28.8. The Morgan fingerprint density at radius 2 is 1.56 bits per heavy atom. The van der Waals surface area contributed by atoms with E-state index in [0.717, 1.165) is 63.8 Å². The van der Waals surface area contributed by atoms with Gasteiger partial charge < -0.3 is 38.8 Å². The lowest BCUT2D eigenvalue weighted by Crippen LogP contribution is -2.49. The van der Waals surface area contributed by atoms with Gasteiger partial charge in [0.05, 0.1) is 45.7 Å². The Hall–Kier alpha value is -3.44. The second-order valence-corrected chi connectivity index (χ2v) is 19.2. The highest BCUT2D eigenvalue weighted by atomic mass is 28.3. The molecule has 1 heterocycles. The molecule has 0 amide bonds. The molecular formula is C39H51NO7Si. The number of hydrogen-bond acceptors (Lipinski definition) is 8. The van der Waals surface area contributed by atoms with E-state index in [1.54, 1.807) is 7.11 Å². The molecule has 2 N–H and O–H groups in total. The lowest BCUT2D eigenvalue weighted by Gasteiger charge is -2.36. The van der Waals surface area contributed by atoms with Gasteiger partial charge in [-0.2, -0.15) is 0 Å². The summed E-state index contributed by atoms with van der Waals surface area (Å²) in [5.41, 5.74) is 3.14. The lowest BCUT2D eigenvalue weighted by atomic mass is 9.85. The smallest absolute Gasteiger partial charge is 0.189 e. The summed E-state index contributed by atoms with van der Waals surface area (Å²) in [7, 11) is 0.550. The highest BCUT2D eigenvalue weighted by Gasteiger charge is 2.34. The first-order valence-corrected chi connectivity index (χ1v) is 20.7. The number of piperidine rings is 1. The Kier molecular flexibility index (Phi) is 13.3. The van der Waals surface area contributed by atoms with Crippen molar-refractivity contribution in [3.8, 4) is 17.2 Å². The number of nitrogens with one attached hydrogen (secondary N) is 1. The van der Waals surface area contributed by atoms with E-state index in [2.05, 4.69) is 49.2 Å². The number of hydrogen-bond donors (Lipinski definition) is 2. The molecule has 4 aromatic carbocycles. The molecule has 3 atom stereocenters. The number of fused-ring (bicyclic) bond motifs is 1. The maximum atomic E-state index is 11.0. The van der Waals surface area contributed by atoms with E-state index in [4.69, 9.17) is 28.4 Å². The first-order valence-electron chi connectivity index (χ1n) is 16.9. The molecule has 0 spiro atoms. The summed E-state index contributed by atoms with van der Waals surface area (Å²) in [6.45, 7) is 11.3. The van der Waals surface area contributed by atoms with Crippen LogP contribution in [-0.4, -0.2) is 72.2 Å². The van der Waals surface area contributed by atoms with Crippen LogP contribution in [0.5, 0.6) is 17.2 Å². The SMILES string of the molecule is COc1ccccc1COCCCOc1ccc(C2C(O)CNCC2OCc2ccc3ccc(OCOCC[Si](C)(C)C)cc3c2)cc1. The number of rotatable bonds is 18. The minimum absolute atomic E-state index is 0.148. The predicted octanol–water partition coefficient (Wildman–Crippen LogP) is 7.16. The predicted molar refractivity (Wildman–Crippen MR) is 193 cm³/mol. The van der Waals surface area contributed by atoms with Crippen LogP contribution >= 0.6 is 0 Å². The summed E-state index contributed by atoms with van der Waals surface area (Å²) in [4.78, 5) is 0. The Morgan fingerprint density at radius 3 is 2.38 bits per heavy atom. The van der Waals surface area contributed by atoms with Gasteiger partial charge in [0.1, 0.15) is 17.2 Å². The molecule has 3 unspecified atom stereocenters. The number of aliphatic hydroxyl groups is 1. The average Bonchev–Trinajstić information content (AvgIpc) is 3.08. The molecular weight excluding hydrogens is 623 g/mol. The van der Waals surface area contributed by atoms with Gasteiger partial charge in [0.25, 0.3) is 0 Å². The van der Waals surface area contributed by atoms with Gasteiger partial charge in [-0.25, -0.2) is 0 Å². The van der Waals surface area contributed by atoms with E-state index >= 15 is 0 Å². The Morgan fingerprint density at radius 1 is 0.771 bits per heavy atom. The van der Waals surface area contributed by atoms with Crippen molar-refractivity contribution in [2.45, 2.75) is 63.4 Å². The second kappa shape index (κ2) is 17.8. The zero-order chi connectivity index (χ0) is 33.8. The normalized spacial score (nSPS) is 18.1. The molecule has 0 aromatic heterocycles. The number of methoxy groups -OCH3 is 1. The number of para-hydroxylation sites is 1. The topological polar surface area (TPSA) is 87.6 Å². The molecule has 0 radical (unpaired) electrons. The molecule has 5 rings (SSSR count). The van der Waals surface area contributed by atoms with Crippen molar-refractivity contribution in [3.63, 3.8) is 0 Å². The van der Waals surface area contributed by atoms with Crippen LogP contribution in [0, 0.1) is 0 Å². The largest absolute Gasteiger partial charge is 0.496 e. The van der Waals surface area contributed by atoms with Crippen molar-refractivity contribution in [2.24, 2.45) is 0 Å². The van der Waals surface area contributed by atoms with Crippen molar-refractivity contribution in [3.05, 3.63) is 102 Å². The molecule has 0 saturated carbocycles. The van der Waals surface area contributed by atoms with Crippen molar-refractivity contribution >= 4 is 18.8 Å². The molecule has 8 nitrogen and oxygen atoms in total. The summed E-state index contributed by atoms with van der Waals surface area (Å²) in [6.07, 6.45) is 0.0376. The van der Waals surface area contributed by atoms with Crippen molar-refractivity contribution in [1.82, 2.24) is 5.32 Å². The van der Waals surface area contributed by atoms with Gasteiger partial charge in [-0.05, 0) is 64.3 Å². The van der Waals surface area contributed by atoms with Gasteiger partial charge >= 0.3 is 0 Å². The van der Waals surface area contributed by atoms with Crippen LogP contribution in [0.15, 0.2) is 84.9 Å². The molecule has 0 bridgehead atoms. The molecule has 1 fully saturated rings. The van der Waals surface area contributed by atoms with Gasteiger partial charge in [-0.1, -0.05) is 68.2 Å². The first-order chi connectivity index (χ1) is 23.3. The van der Waals surface area contributed by atoms with Crippen molar-refractivity contribution in [2.75, 3.05) is 46.8 Å². The molecule has 0 aliphatic carbocycles. The fourth-order valence-corrected chi connectivity index (χ4v) is 6.58. The van der Waals surface area contributed by atoms with Crippen LogP contribution in [0.3, 0.4) is 0 Å². The summed E-state index contributed by atoms with van der Waals surface area (Å²) < 4.78 is 35.2. The van der Waals surface area contributed by atoms with Crippen LogP contribution in [0.1, 0.15) is 29.0 Å². The van der Waals surface area contributed by atoms with Gasteiger partial charge in [0, 0.05) is 45.7 Å². The molecule has 48 heavy (non-hydrogen) atoms. The van der Waals surface area contributed by atoms with Gasteiger partial charge in [0.2, 0.25) is 0 Å². The Labute approximate surface area is 286 Å². The fourth-order valence-electron chi connectivity index (χ4n) is 5.82. The third-order valence-electron chi connectivity index (χ3n) is 8.58. The minimum Gasteiger partial charge on any atom is -0.496 e. The zero-order valence-corrected chi connectivity index (χ0v) is 29.8. The van der Waals surface area contributed by atoms with E-state index in [1.165, 1.54) is 0 Å². The molecule has 9 heteroatoms. The molecule has 1 saturated heterocycles. The van der Waals surface area contributed by atoms with Crippen LogP contribution in [0.25, 0.3) is 10.8 Å². The van der Waals surface area contributed by atoms with E-state index in [0.29, 0.717) is 39.5 Å². The lowest BCUT2D eigenvalue weighted by molar-refractivity contribution is -0.0328. The Bertz CT molecular complexity index is 1560. The second-order valence-electron chi connectivity index (χ2n) is 13.6. The first kappa shape index (κ1) is 35.9. The number of benzene rings is 4. The van der Waals surface area contributed by atoms with E-state index in [9.17, 15) is 5.11 Å². The van der Waals surface area contributed by atoms with Crippen LogP contribution in [-0.2, 0) is 27.4 Å². The average molecular weight is 674 g/mol. The number of β-amino-alcohol motifs (C(OH)–C–C–N with tert-alkyl or cyclic N) is 1. The van der Waals surface area contributed by atoms with E-state index in [-0.39, 0.29) is 18.8 Å². The van der Waals surface area contributed by atoms with Gasteiger partial charge in [-0.3, -0.25) is 0 Å². The van der Waals surface area contributed by atoms with Crippen molar-refractivity contribution < 1.29 is 33.5 Å². The molecule has 258 valence electrons. The van der Waals surface area contributed by atoms with Gasteiger partial charge in [-0.15, -0.1) is 0 Å². The summed E-state index contributed by atoms with van der Waals surface area (Å²) in [6, 6.07) is 29.5. The molecule has 4 aromatic rings. The van der Waals surface area contributed by atoms with E-state index < -0.39 is 14.2 Å². The summed E-state index contributed by atoms with van der Waals surface area (Å²) in [5, 5.41) is 16.5. The quantitative estimate of drug-likeness (QED) is 0.0654. The third-order valence-corrected chi connectivity index (χ3v) is 10.3. The molecule has 1 aliphatic heterocycles.